The lowest BCUT2D eigenvalue weighted by molar-refractivity contribution is -0.671. The smallest absolute Gasteiger partial charge is 0.282 e. The first-order valence-electron chi connectivity index (χ1n) is 7.43. The Labute approximate surface area is 145 Å². The Bertz CT molecular complexity index is 1070. The zero-order valence-corrected chi connectivity index (χ0v) is 13.7. The van der Waals surface area contributed by atoms with Crippen LogP contribution in [0.15, 0.2) is 75.0 Å². The third kappa shape index (κ3) is 3.15. The summed E-state index contributed by atoms with van der Waals surface area (Å²) in [5, 5.41) is 12.0. The molecule has 0 aliphatic rings. The van der Waals surface area contributed by atoms with Crippen LogP contribution in [0.1, 0.15) is 5.69 Å². The predicted molar refractivity (Wildman–Crippen MR) is 93.5 cm³/mol. The highest BCUT2D eigenvalue weighted by atomic mass is 32.1. The summed E-state index contributed by atoms with van der Waals surface area (Å²) in [5.41, 5.74) is 1.49. The molecule has 0 radical (unpaired) electrons. The van der Waals surface area contributed by atoms with Gasteiger partial charge in [0.25, 0.3) is 0 Å². The number of rotatable bonds is 4. The molecule has 0 saturated carbocycles. The van der Waals surface area contributed by atoms with Gasteiger partial charge in [0.2, 0.25) is 10.8 Å². The van der Waals surface area contributed by atoms with Gasteiger partial charge in [0.1, 0.15) is 11.2 Å². The largest absolute Gasteiger partial charge is 0.436 e. The molecule has 0 bridgehead atoms. The Morgan fingerprint density at radius 2 is 1.76 bits per heavy atom. The van der Waals surface area contributed by atoms with E-state index in [1.54, 1.807) is 0 Å². The third-order valence-corrected chi connectivity index (χ3v) is 4.31. The van der Waals surface area contributed by atoms with Gasteiger partial charge in [-0.2, -0.15) is 0 Å². The van der Waals surface area contributed by atoms with Crippen LogP contribution < -0.4 is 10.3 Å². The zero-order valence-electron chi connectivity index (χ0n) is 12.9. The molecule has 4 rings (SSSR count). The van der Waals surface area contributed by atoms with Crippen molar-refractivity contribution in [3.8, 4) is 16.3 Å². The second-order valence-electron chi connectivity index (χ2n) is 5.05. The molecule has 4 aromatic rings. The maximum absolute atomic E-state index is 11.9. The van der Waals surface area contributed by atoms with E-state index in [0.29, 0.717) is 5.13 Å². The fourth-order valence-corrected chi connectivity index (χ4v) is 2.94. The van der Waals surface area contributed by atoms with Crippen molar-refractivity contribution in [2.45, 2.75) is 0 Å². The number of para-hydroxylation sites is 1. The highest BCUT2D eigenvalue weighted by Gasteiger charge is 2.21. The van der Waals surface area contributed by atoms with Gasteiger partial charge in [-0.25, -0.2) is 9.79 Å². The van der Waals surface area contributed by atoms with E-state index in [1.807, 2.05) is 60.7 Å². The molecular weight excluding hydrogens is 338 g/mol. The maximum atomic E-state index is 11.9. The summed E-state index contributed by atoms with van der Waals surface area (Å²) in [6.45, 7) is 0. The molecule has 0 fully saturated rings. The van der Waals surface area contributed by atoms with Crippen molar-refractivity contribution in [3.05, 3.63) is 76.8 Å². The topological polar surface area (TPSA) is 88.0 Å². The zero-order chi connectivity index (χ0) is 17.1. The van der Waals surface area contributed by atoms with Crippen LogP contribution in [0.25, 0.3) is 16.3 Å². The van der Waals surface area contributed by atoms with E-state index < -0.39 is 5.63 Å². The van der Waals surface area contributed by atoms with Crippen LogP contribution in [-0.4, -0.2) is 21.7 Å². The minimum atomic E-state index is -0.514. The number of aromatic nitrogens is 4. The van der Waals surface area contributed by atoms with E-state index in [9.17, 15) is 4.79 Å². The molecule has 2 aromatic heterocycles. The molecule has 25 heavy (non-hydrogen) atoms. The van der Waals surface area contributed by atoms with Crippen molar-refractivity contribution in [1.82, 2.24) is 15.5 Å². The van der Waals surface area contributed by atoms with Crippen molar-refractivity contribution in [2.24, 2.45) is 4.99 Å². The number of benzene rings is 2. The van der Waals surface area contributed by atoms with Crippen LogP contribution in [0.5, 0.6) is 0 Å². The first-order valence-corrected chi connectivity index (χ1v) is 8.25. The van der Waals surface area contributed by atoms with Crippen LogP contribution in [0.2, 0.25) is 0 Å². The SMILES string of the molecule is O=c1o[nH][n+](-c2ccccc2)c1C=Nc1nnc(-c2ccccc2)s1. The van der Waals surface area contributed by atoms with Gasteiger partial charge in [0, 0.05) is 17.7 Å². The second kappa shape index (κ2) is 6.62. The molecule has 0 unspecified atom stereocenters. The van der Waals surface area contributed by atoms with Crippen molar-refractivity contribution >= 4 is 22.7 Å². The molecular formula is C17H12N5O2S+. The third-order valence-electron chi connectivity index (χ3n) is 3.43. The summed E-state index contributed by atoms with van der Waals surface area (Å²) >= 11 is 1.34. The molecule has 7 nitrogen and oxygen atoms in total. The molecule has 0 spiro atoms. The van der Waals surface area contributed by atoms with Crippen molar-refractivity contribution in [2.75, 3.05) is 0 Å². The van der Waals surface area contributed by atoms with Gasteiger partial charge in [-0.3, -0.25) is 4.52 Å². The average Bonchev–Trinajstić information content (AvgIpc) is 3.28. The van der Waals surface area contributed by atoms with Gasteiger partial charge in [-0.15, -0.1) is 10.2 Å². The molecule has 122 valence electrons. The van der Waals surface area contributed by atoms with Gasteiger partial charge in [-0.05, 0) is 9.95 Å². The molecule has 2 aromatic carbocycles. The van der Waals surface area contributed by atoms with Gasteiger partial charge in [0.05, 0.1) is 0 Å². The Morgan fingerprint density at radius 1 is 1.04 bits per heavy atom. The summed E-state index contributed by atoms with van der Waals surface area (Å²) < 4.78 is 6.39. The van der Waals surface area contributed by atoms with Gasteiger partial charge >= 0.3 is 11.3 Å². The van der Waals surface area contributed by atoms with E-state index in [0.717, 1.165) is 16.3 Å². The summed E-state index contributed by atoms with van der Waals surface area (Å²) in [6, 6.07) is 19.1. The second-order valence-corrected chi connectivity index (χ2v) is 6.01. The van der Waals surface area contributed by atoms with Gasteiger partial charge < -0.3 is 0 Å². The molecule has 0 amide bonds. The average molecular weight is 350 g/mol. The van der Waals surface area contributed by atoms with E-state index in [1.165, 1.54) is 22.2 Å². The molecule has 1 N–H and O–H groups in total. The summed E-state index contributed by atoms with van der Waals surface area (Å²) in [5.74, 6) is 0. The highest BCUT2D eigenvalue weighted by molar-refractivity contribution is 7.18. The quantitative estimate of drug-likeness (QED) is 0.452. The number of H-pyrrole nitrogens is 1. The number of nitrogens with one attached hydrogen (secondary N) is 1. The van der Waals surface area contributed by atoms with E-state index in [2.05, 4.69) is 20.5 Å². The minimum absolute atomic E-state index is 0.266. The number of hydrogen-bond acceptors (Lipinski definition) is 6. The Hall–Kier alpha value is -3.39. The van der Waals surface area contributed by atoms with Crippen molar-refractivity contribution < 1.29 is 9.20 Å². The molecule has 0 saturated heterocycles. The van der Waals surface area contributed by atoms with Crippen LogP contribution in [0, 0.1) is 0 Å². The monoisotopic (exact) mass is 350 g/mol. The lowest BCUT2D eigenvalue weighted by Gasteiger charge is -1.90. The normalized spacial score (nSPS) is 11.2. The van der Waals surface area contributed by atoms with Crippen molar-refractivity contribution in [3.63, 3.8) is 0 Å². The Balaban J connectivity index is 1.65. The number of nitrogens with zero attached hydrogens (tertiary/aromatic N) is 4. The Kier molecular flexibility index (Phi) is 4.01. The summed E-state index contributed by atoms with van der Waals surface area (Å²) in [4.78, 5) is 16.2. The first kappa shape index (κ1) is 15.2. The van der Waals surface area contributed by atoms with Gasteiger partial charge in [0.15, 0.2) is 0 Å². The standard InChI is InChI=1S/C17H11N5O2S/c23-16-14(22(21-24-16)13-9-5-2-6-10-13)11-18-17-20-19-15(25-17)12-7-3-1-4-8-12/h1-11H/p+1. The first-order chi connectivity index (χ1) is 12.3. The summed E-state index contributed by atoms with van der Waals surface area (Å²) in [7, 11) is 0. The van der Waals surface area contributed by atoms with E-state index in [-0.39, 0.29) is 5.69 Å². The molecule has 8 heteroatoms. The number of hydrogen-bond donors (Lipinski definition) is 1. The highest BCUT2D eigenvalue weighted by Crippen LogP contribution is 2.27. The maximum Gasteiger partial charge on any atom is 0.436 e. The molecule has 0 aliphatic carbocycles. The predicted octanol–water partition coefficient (Wildman–Crippen LogP) is 2.51. The molecule has 0 aliphatic heterocycles. The molecule has 0 atom stereocenters. The fraction of sp³-hybridized carbons (Fsp3) is 0. The lowest BCUT2D eigenvalue weighted by Crippen LogP contribution is -2.38. The van der Waals surface area contributed by atoms with Crippen LogP contribution >= 0.6 is 11.3 Å². The Morgan fingerprint density at radius 3 is 2.52 bits per heavy atom. The summed E-state index contributed by atoms with van der Waals surface area (Å²) in [6.07, 6.45) is 1.42. The van der Waals surface area contributed by atoms with E-state index in [4.69, 9.17) is 4.52 Å². The fourth-order valence-electron chi connectivity index (χ4n) is 2.24. The lowest BCUT2D eigenvalue weighted by atomic mass is 10.2. The number of aromatic amines is 1. The van der Waals surface area contributed by atoms with E-state index >= 15 is 0 Å². The van der Waals surface area contributed by atoms with Crippen LogP contribution in [0.3, 0.4) is 0 Å². The van der Waals surface area contributed by atoms with Crippen LogP contribution in [0.4, 0.5) is 5.13 Å². The van der Waals surface area contributed by atoms with Crippen molar-refractivity contribution in [1.29, 1.82) is 0 Å². The molecule has 2 heterocycles. The van der Waals surface area contributed by atoms with Crippen LogP contribution in [-0.2, 0) is 0 Å². The minimum Gasteiger partial charge on any atom is -0.282 e. The number of aliphatic imine (C=N–C) groups is 1. The van der Waals surface area contributed by atoms with Gasteiger partial charge in [-0.1, -0.05) is 59.9 Å².